The highest BCUT2D eigenvalue weighted by molar-refractivity contribution is 5.96. The monoisotopic (exact) mass is 287 g/mol. The molecule has 0 aromatic rings. The first-order valence-corrected chi connectivity index (χ1v) is 6.42. The maximum absolute atomic E-state index is 12.0. The van der Waals surface area contributed by atoms with Gasteiger partial charge in [0.25, 0.3) is 0 Å². The van der Waals surface area contributed by atoms with Gasteiger partial charge in [-0.05, 0) is 20.8 Å². The van der Waals surface area contributed by atoms with Gasteiger partial charge in [0.2, 0.25) is 5.91 Å². The van der Waals surface area contributed by atoms with Crippen LogP contribution in [0.4, 0.5) is 4.79 Å². The van der Waals surface area contributed by atoms with Crippen molar-refractivity contribution in [1.29, 1.82) is 0 Å². The van der Waals surface area contributed by atoms with Crippen LogP contribution in [0.5, 0.6) is 0 Å². The second-order valence-corrected chi connectivity index (χ2v) is 5.84. The molecule has 0 spiro atoms. The van der Waals surface area contributed by atoms with E-state index in [1.54, 1.807) is 20.8 Å². The number of imide groups is 1. The predicted octanol–water partition coefficient (Wildman–Crippen LogP) is 0.692. The molecule has 0 aliphatic carbocycles. The Bertz CT molecular complexity index is 414. The summed E-state index contributed by atoms with van der Waals surface area (Å²) in [6.45, 7) is 7.50. The van der Waals surface area contributed by atoms with E-state index in [9.17, 15) is 19.5 Å². The number of aliphatic hydroxyl groups excluding tert-OH is 1. The van der Waals surface area contributed by atoms with Gasteiger partial charge in [-0.3, -0.25) is 9.59 Å². The molecule has 0 aromatic heterocycles. The second-order valence-electron chi connectivity index (χ2n) is 5.84. The quantitative estimate of drug-likeness (QED) is 0.751. The number of aliphatic hydroxyl groups is 1. The SMILES string of the molecule is CC(=O)OC[C@@H]1[C@@H](O)[C@H](C)C(=O)N1C(=O)OC(C)(C)C. The Morgan fingerprint density at radius 2 is 1.90 bits per heavy atom. The van der Waals surface area contributed by atoms with E-state index in [1.807, 2.05) is 0 Å². The Labute approximate surface area is 117 Å². The van der Waals surface area contributed by atoms with Crippen LogP contribution in [0.25, 0.3) is 0 Å². The molecule has 7 heteroatoms. The van der Waals surface area contributed by atoms with Gasteiger partial charge in [-0.15, -0.1) is 0 Å². The largest absolute Gasteiger partial charge is 0.464 e. The maximum atomic E-state index is 12.0. The van der Waals surface area contributed by atoms with E-state index in [0.29, 0.717) is 0 Å². The third-order valence-electron chi connectivity index (χ3n) is 2.91. The summed E-state index contributed by atoms with van der Waals surface area (Å²) in [5.74, 6) is -1.83. The van der Waals surface area contributed by atoms with Gasteiger partial charge in [-0.2, -0.15) is 0 Å². The molecule has 3 atom stereocenters. The fraction of sp³-hybridized carbons (Fsp3) is 0.769. The van der Waals surface area contributed by atoms with Crippen LogP contribution in [0.1, 0.15) is 34.6 Å². The van der Waals surface area contributed by atoms with Crippen LogP contribution >= 0.6 is 0 Å². The van der Waals surface area contributed by atoms with Crippen molar-refractivity contribution in [2.45, 2.75) is 52.4 Å². The van der Waals surface area contributed by atoms with Gasteiger partial charge in [-0.1, -0.05) is 6.92 Å². The van der Waals surface area contributed by atoms with Gasteiger partial charge < -0.3 is 14.6 Å². The van der Waals surface area contributed by atoms with Crippen LogP contribution in [0.2, 0.25) is 0 Å². The van der Waals surface area contributed by atoms with Gasteiger partial charge in [0.15, 0.2) is 0 Å². The number of amides is 2. The number of ether oxygens (including phenoxy) is 2. The number of carbonyl (C=O) groups is 3. The summed E-state index contributed by atoms with van der Waals surface area (Å²) < 4.78 is 9.94. The van der Waals surface area contributed by atoms with Crippen molar-refractivity contribution < 1.29 is 29.0 Å². The zero-order chi connectivity index (χ0) is 15.7. The summed E-state index contributed by atoms with van der Waals surface area (Å²) >= 11 is 0. The number of carbonyl (C=O) groups excluding carboxylic acids is 3. The number of hydrogen-bond acceptors (Lipinski definition) is 6. The molecular formula is C13H21NO6. The average molecular weight is 287 g/mol. The molecular weight excluding hydrogens is 266 g/mol. The second kappa shape index (κ2) is 5.78. The van der Waals surface area contributed by atoms with E-state index >= 15 is 0 Å². The fourth-order valence-corrected chi connectivity index (χ4v) is 1.93. The van der Waals surface area contributed by atoms with Crippen molar-refractivity contribution in [3.63, 3.8) is 0 Å². The molecule has 1 rings (SSSR count). The Hall–Kier alpha value is -1.63. The van der Waals surface area contributed by atoms with Crippen LogP contribution in [0, 0.1) is 5.92 Å². The molecule has 0 unspecified atom stereocenters. The van der Waals surface area contributed by atoms with Gasteiger partial charge >= 0.3 is 12.1 Å². The first-order chi connectivity index (χ1) is 9.04. The van der Waals surface area contributed by atoms with E-state index in [4.69, 9.17) is 9.47 Å². The highest BCUT2D eigenvalue weighted by atomic mass is 16.6. The lowest BCUT2D eigenvalue weighted by atomic mass is 10.0. The van der Waals surface area contributed by atoms with Crippen molar-refractivity contribution in [2.75, 3.05) is 6.61 Å². The fourth-order valence-electron chi connectivity index (χ4n) is 1.93. The highest BCUT2D eigenvalue weighted by Crippen LogP contribution is 2.27. The number of esters is 1. The molecule has 1 fully saturated rings. The molecule has 20 heavy (non-hydrogen) atoms. The molecule has 0 bridgehead atoms. The van der Waals surface area contributed by atoms with Crippen molar-refractivity contribution >= 4 is 18.0 Å². The summed E-state index contributed by atoms with van der Waals surface area (Å²) in [7, 11) is 0. The lowest BCUT2D eigenvalue weighted by Gasteiger charge is -2.27. The molecule has 1 aliphatic rings. The standard InChI is InChI=1S/C13H21NO6/c1-7-10(16)9(6-19-8(2)15)14(11(7)17)12(18)20-13(3,4)5/h7,9-10,16H,6H2,1-5H3/t7-,9+,10-/m0/s1. The Kier molecular flexibility index (Phi) is 4.75. The van der Waals surface area contributed by atoms with Crippen LogP contribution in [-0.2, 0) is 19.1 Å². The van der Waals surface area contributed by atoms with E-state index in [2.05, 4.69) is 0 Å². The summed E-state index contributed by atoms with van der Waals surface area (Å²) in [5.41, 5.74) is -0.764. The zero-order valence-electron chi connectivity index (χ0n) is 12.4. The minimum absolute atomic E-state index is 0.244. The lowest BCUT2D eigenvalue weighted by Crippen LogP contribution is -2.46. The summed E-state index contributed by atoms with van der Waals surface area (Å²) in [6.07, 6.45) is -1.93. The van der Waals surface area contributed by atoms with E-state index in [-0.39, 0.29) is 6.61 Å². The summed E-state index contributed by atoms with van der Waals surface area (Å²) in [5, 5.41) is 10.00. The van der Waals surface area contributed by atoms with E-state index < -0.39 is 41.6 Å². The molecule has 1 saturated heterocycles. The van der Waals surface area contributed by atoms with E-state index in [1.165, 1.54) is 13.8 Å². The van der Waals surface area contributed by atoms with Crippen molar-refractivity contribution in [1.82, 2.24) is 4.90 Å². The molecule has 1 aliphatic heterocycles. The van der Waals surface area contributed by atoms with Crippen LogP contribution in [0.15, 0.2) is 0 Å². The summed E-state index contributed by atoms with van der Waals surface area (Å²) in [6, 6.07) is -0.920. The Morgan fingerprint density at radius 3 is 2.35 bits per heavy atom. The number of likely N-dealkylation sites (tertiary alicyclic amines) is 1. The van der Waals surface area contributed by atoms with Gasteiger partial charge in [0, 0.05) is 6.92 Å². The minimum Gasteiger partial charge on any atom is -0.464 e. The number of rotatable bonds is 2. The van der Waals surface area contributed by atoms with Crippen LogP contribution in [0.3, 0.4) is 0 Å². The van der Waals surface area contributed by atoms with E-state index in [0.717, 1.165) is 4.90 Å². The molecule has 0 aromatic carbocycles. The molecule has 1 heterocycles. The normalized spacial score (nSPS) is 26.6. The first-order valence-electron chi connectivity index (χ1n) is 6.42. The molecule has 0 radical (unpaired) electrons. The van der Waals surface area contributed by atoms with Crippen molar-refractivity contribution in [3.05, 3.63) is 0 Å². The third kappa shape index (κ3) is 3.69. The third-order valence-corrected chi connectivity index (χ3v) is 2.91. The maximum Gasteiger partial charge on any atom is 0.417 e. The lowest BCUT2D eigenvalue weighted by molar-refractivity contribution is -0.144. The van der Waals surface area contributed by atoms with Crippen LogP contribution in [-0.4, -0.2) is 52.3 Å². The van der Waals surface area contributed by atoms with Crippen molar-refractivity contribution in [2.24, 2.45) is 5.92 Å². The Morgan fingerprint density at radius 1 is 1.35 bits per heavy atom. The number of hydrogen-bond donors (Lipinski definition) is 1. The van der Waals surface area contributed by atoms with Gasteiger partial charge in [0.1, 0.15) is 18.2 Å². The highest BCUT2D eigenvalue weighted by Gasteiger charge is 2.49. The summed E-state index contributed by atoms with van der Waals surface area (Å²) in [4.78, 5) is 35.8. The minimum atomic E-state index is -1.09. The van der Waals surface area contributed by atoms with Crippen LogP contribution < -0.4 is 0 Å². The molecule has 2 amide bonds. The zero-order valence-corrected chi connectivity index (χ0v) is 12.4. The van der Waals surface area contributed by atoms with Gasteiger partial charge in [0.05, 0.1) is 12.0 Å². The molecule has 114 valence electrons. The first kappa shape index (κ1) is 16.4. The topological polar surface area (TPSA) is 93.1 Å². The predicted molar refractivity (Wildman–Crippen MR) is 68.7 cm³/mol. The van der Waals surface area contributed by atoms with Crippen molar-refractivity contribution in [3.8, 4) is 0 Å². The average Bonchev–Trinajstić information content (AvgIpc) is 2.48. The molecule has 0 saturated carbocycles. The Balaban J connectivity index is 2.90. The number of nitrogens with zero attached hydrogens (tertiary/aromatic N) is 1. The molecule has 7 nitrogen and oxygen atoms in total. The molecule has 1 N–H and O–H groups in total. The smallest absolute Gasteiger partial charge is 0.417 e. The van der Waals surface area contributed by atoms with Gasteiger partial charge in [-0.25, -0.2) is 9.69 Å².